The van der Waals surface area contributed by atoms with Crippen molar-refractivity contribution in [2.75, 3.05) is 0 Å². The highest BCUT2D eigenvalue weighted by Crippen LogP contribution is 2.22. The van der Waals surface area contributed by atoms with E-state index < -0.39 is 0 Å². The molecule has 0 fully saturated rings. The predicted octanol–water partition coefficient (Wildman–Crippen LogP) is 3.73. The van der Waals surface area contributed by atoms with Gasteiger partial charge in [0, 0.05) is 0 Å². The van der Waals surface area contributed by atoms with E-state index in [9.17, 15) is 4.79 Å². The lowest BCUT2D eigenvalue weighted by atomic mass is 9.86. The highest BCUT2D eigenvalue weighted by Gasteiger charge is 2.13. The van der Waals surface area contributed by atoms with Gasteiger partial charge in [0.05, 0.1) is 12.0 Å². The lowest BCUT2D eigenvalue weighted by Crippen LogP contribution is -2.18. The second-order valence-corrected chi connectivity index (χ2v) is 5.94. The summed E-state index contributed by atoms with van der Waals surface area (Å²) in [7, 11) is 0. The van der Waals surface area contributed by atoms with Crippen LogP contribution in [-0.4, -0.2) is 11.6 Å². The number of nitrogens with one attached hydrogen (secondary N) is 1. The molecule has 4 heteroatoms. The van der Waals surface area contributed by atoms with Crippen LogP contribution in [0.2, 0.25) is 0 Å². The number of rotatable bonds is 3. The summed E-state index contributed by atoms with van der Waals surface area (Å²) in [5.74, 6) is -0.111. The molecule has 2 aromatic rings. The summed E-state index contributed by atoms with van der Waals surface area (Å²) < 4.78 is 5.01. The molecule has 0 bridgehead atoms. The Morgan fingerprint density at radius 2 is 1.81 bits per heavy atom. The molecule has 0 radical (unpaired) electrons. The highest BCUT2D eigenvalue weighted by atomic mass is 16.3. The van der Waals surface area contributed by atoms with Crippen LogP contribution in [0.1, 0.15) is 49.4 Å². The maximum Gasteiger partial charge on any atom is 0.307 e. The van der Waals surface area contributed by atoms with Crippen molar-refractivity contribution in [2.24, 2.45) is 5.10 Å². The topological polar surface area (TPSA) is 54.6 Å². The summed E-state index contributed by atoms with van der Waals surface area (Å²) in [6.45, 7) is 8.38. The summed E-state index contributed by atoms with van der Waals surface area (Å²) in [6, 6.07) is 11.5. The van der Waals surface area contributed by atoms with Gasteiger partial charge in [-0.25, -0.2) is 5.43 Å². The van der Waals surface area contributed by atoms with Gasteiger partial charge >= 0.3 is 5.91 Å². The van der Waals surface area contributed by atoms with E-state index in [4.69, 9.17) is 4.42 Å². The minimum absolute atomic E-state index is 0.122. The van der Waals surface area contributed by atoms with Gasteiger partial charge in [-0.15, -0.1) is 0 Å². The Morgan fingerprint density at radius 3 is 2.33 bits per heavy atom. The molecular weight excluding hydrogens is 264 g/mol. The maximum atomic E-state index is 11.7. The Hall–Kier alpha value is -2.36. The van der Waals surface area contributed by atoms with E-state index in [1.165, 1.54) is 11.8 Å². The zero-order chi connectivity index (χ0) is 15.5. The van der Waals surface area contributed by atoms with E-state index in [1.54, 1.807) is 12.1 Å². The number of hydrazone groups is 1. The molecule has 2 rings (SSSR count). The Kier molecular flexibility index (Phi) is 4.26. The molecule has 1 aromatic heterocycles. The number of benzene rings is 1. The molecule has 0 aliphatic rings. The lowest BCUT2D eigenvalue weighted by Gasteiger charge is -2.19. The number of carbonyl (C=O) groups excluding carboxylic acids is 1. The highest BCUT2D eigenvalue weighted by molar-refractivity contribution is 6.00. The third kappa shape index (κ3) is 3.81. The SMILES string of the molecule is C/C(=N/NC(=O)c1ccco1)c1ccc(C(C)(C)C)cc1. The Bertz CT molecular complexity index is 632. The van der Waals surface area contributed by atoms with E-state index in [1.807, 2.05) is 19.1 Å². The second kappa shape index (κ2) is 5.95. The van der Waals surface area contributed by atoms with Crippen LogP contribution in [0.3, 0.4) is 0 Å². The Labute approximate surface area is 124 Å². The van der Waals surface area contributed by atoms with Crippen LogP contribution in [0, 0.1) is 0 Å². The molecule has 0 saturated heterocycles. The van der Waals surface area contributed by atoms with Crippen LogP contribution >= 0.6 is 0 Å². The second-order valence-electron chi connectivity index (χ2n) is 5.94. The van der Waals surface area contributed by atoms with Crippen LogP contribution in [0.5, 0.6) is 0 Å². The fraction of sp³-hybridized carbons (Fsp3) is 0.294. The Morgan fingerprint density at radius 1 is 1.14 bits per heavy atom. The van der Waals surface area contributed by atoms with Gasteiger partial charge in [-0.1, -0.05) is 45.0 Å². The average Bonchev–Trinajstić information content (AvgIpc) is 2.98. The quantitative estimate of drug-likeness (QED) is 0.689. The molecule has 0 saturated carbocycles. The first-order valence-electron chi connectivity index (χ1n) is 6.87. The molecule has 1 aromatic carbocycles. The van der Waals surface area contributed by atoms with Crippen molar-refractivity contribution < 1.29 is 9.21 Å². The van der Waals surface area contributed by atoms with E-state index in [0.717, 1.165) is 11.3 Å². The summed E-state index contributed by atoms with van der Waals surface area (Å²) in [6.07, 6.45) is 1.46. The van der Waals surface area contributed by atoms with E-state index >= 15 is 0 Å². The van der Waals surface area contributed by atoms with Crippen molar-refractivity contribution in [3.8, 4) is 0 Å². The van der Waals surface area contributed by atoms with E-state index in [-0.39, 0.29) is 17.1 Å². The summed E-state index contributed by atoms with van der Waals surface area (Å²) >= 11 is 0. The van der Waals surface area contributed by atoms with Crippen molar-refractivity contribution in [3.63, 3.8) is 0 Å². The number of hydrogen-bond acceptors (Lipinski definition) is 3. The van der Waals surface area contributed by atoms with Crippen LogP contribution in [0.15, 0.2) is 52.2 Å². The van der Waals surface area contributed by atoms with Crippen molar-refractivity contribution in [3.05, 3.63) is 59.5 Å². The Balaban J connectivity index is 2.07. The molecule has 4 nitrogen and oxygen atoms in total. The van der Waals surface area contributed by atoms with Gasteiger partial charge < -0.3 is 4.42 Å². The largest absolute Gasteiger partial charge is 0.459 e. The van der Waals surface area contributed by atoms with Gasteiger partial charge in [-0.05, 0) is 35.6 Å². The van der Waals surface area contributed by atoms with E-state index in [0.29, 0.717) is 0 Å². The smallest absolute Gasteiger partial charge is 0.307 e. The molecule has 1 heterocycles. The minimum atomic E-state index is -0.356. The van der Waals surface area contributed by atoms with E-state index in [2.05, 4.69) is 43.4 Å². The molecular formula is C17H20N2O2. The van der Waals surface area contributed by atoms with Crippen LogP contribution in [0.4, 0.5) is 0 Å². The van der Waals surface area contributed by atoms with Crippen molar-refractivity contribution >= 4 is 11.6 Å². The minimum Gasteiger partial charge on any atom is -0.459 e. The predicted molar refractivity (Wildman–Crippen MR) is 83.5 cm³/mol. The standard InChI is InChI=1S/C17H20N2O2/c1-12(18-19-16(20)15-6-5-11-21-15)13-7-9-14(10-8-13)17(2,3)4/h5-11H,1-4H3,(H,19,20)/b18-12-. The van der Waals surface area contributed by atoms with Crippen molar-refractivity contribution in [2.45, 2.75) is 33.1 Å². The summed E-state index contributed by atoms with van der Waals surface area (Å²) in [4.78, 5) is 11.7. The molecule has 0 spiro atoms. The van der Waals surface area contributed by atoms with Gasteiger partial charge in [0.2, 0.25) is 0 Å². The summed E-state index contributed by atoms with van der Waals surface area (Å²) in [5, 5.41) is 4.10. The third-order valence-corrected chi connectivity index (χ3v) is 3.24. The molecule has 0 unspecified atom stereocenters. The van der Waals surface area contributed by atoms with Crippen molar-refractivity contribution in [1.82, 2.24) is 5.43 Å². The molecule has 1 N–H and O–H groups in total. The summed E-state index contributed by atoms with van der Waals surface area (Å²) in [5.41, 5.74) is 5.59. The van der Waals surface area contributed by atoms with Gasteiger partial charge in [0.1, 0.15) is 0 Å². The lowest BCUT2D eigenvalue weighted by molar-refractivity contribution is 0.0927. The fourth-order valence-electron chi connectivity index (χ4n) is 1.87. The van der Waals surface area contributed by atoms with Gasteiger partial charge in [-0.2, -0.15) is 5.10 Å². The first kappa shape index (κ1) is 15.0. The van der Waals surface area contributed by atoms with Crippen LogP contribution in [-0.2, 0) is 5.41 Å². The number of furan rings is 1. The van der Waals surface area contributed by atoms with Gasteiger partial charge in [0.15, 0.2) is 5.76 Å². The molecule has 110 valence electrons. The monoisotopic (exact) mass is 284 g/mol. The van der Waals surface area contributed by atoms with Crippen molar-refractivity contribution in [1.29, 1.82) is 0 Å². The molecule has 0 aliphatic carbocycles. The third-order valence-electron chi connectivity index (χ3n) is 3.24. The molecule has 0 atom stereocenters. The van der Waals surface area contributed by atoms with Gasteiger partial charge in [-0.3, -0.25) is 4.79 Å². The normalized spacial score (nSPS) is 12.3. The number of carbonyl (C=O) groups is 1. The first-order chi connectivity index (χ1) is 9.88. The van der Waals surface area contributed by atoms with Crippen LogP contribution < -0.4 is 5.43 Å². The fourth-order valence-corrected chi connectivity index (χ4v) is 1.87. The molecule has 21 heavy (non-hydrogen) atoms. The number of hydrogen-bond donors (Lipinski definition) is 1. The van der Waals surface area contributed by atoms with Crippen LogP contribution in [0.25, 0.3) is 0 Å². The molecule has 1 amide bonds. The first-order valence-corrected chi connectivity index (χ1v) is 6.87. The zero-order valence-corrected chi connectivity index (χ0v) is 12.8. The van der Waals surface area contributed by atoms with Gasteiger partial charge in [0.25, 0.3) is 0 Å². The molecule has 0 aliphatic heterocycles. The number of amides is 1. The maximum absolute atomic E-state index is 11.7. The average molecular weight is 284 g/mol. The zero-order valence-electron chi connectivity index (χ0n) is 12.8. The number of nitrogens with zero attached hydrogens (tertiary/aromatic N) is 1.